The van der Waals surface area contributed by atoms with Crippen molar-refractivity contribution in [1.82, 2.24) is 19.9 Å². The van der Waals surface area contributed by atoms with E-state index in [9.17, 15) is 37.0 Å². The highest BCUT2D eigenvalue weighted by Gasteiger charge is 2.41. The monoisotopic (exact) mass is 632 g/mol. The standard InChI is InChI=1S/C24H30ClF5N4O4.O2S/c1-4-17-33-18(21(36)32-11-23(37)6-5-12(2)7-16(23)35)19(25)34(17)20-15(38-22(26)27)9-14(10-31-20)8-13(3)24(28,29)30;1-3-2/h9-10,12-13,16,22,35,37H,4-8,11H2,1-3H3,(H,32,36);/t12-,13?,16-,23-;/m1./s1. The second-order valence-electron chi connectivity index (χ2n) is 9.80. The minimum Gasteiger partial charge on any atom is -0.431 e. The largest absolute Gasteiger partial charge is 0.431 e. The Morgan fingerprint density at radius 1 is 1.37 bits per heavy atom. The van der Waals surface area contributed by atoms with E-state index in [0.717, 1.165) is 23.8 Å². The number of ether oxygens (including phenoxy) is 1. The van der Waals surface area contributed by atoms with Crippen molar-refractivity contribution in [3.05, 3.63) is 34.5 Å². The molecule has 2 heterocycles. The predicted molar refractivity (Wildman–Crippen MR) is 137 cm³/mol. The van der Waals surface area contributed by atoms with Crippen LogP contribution < -0.4 is 10.1 Å². The number of carbonyl (C=O) groups is 1. The molecule has 41 heavy (non-hydrogen) atoms. The third-order valence-electron chi connectivity index (χ3n) is 6.71. The van der Waals surface area contributed by atoms with Crippen LogP contribution >= 0.6 is 11.6 Å². The minimum atomic E-state index is -4.49. The number of aryl methyl sites for hydroxylation is 1. The summed E-state index contributed by atoms with van der Waals surface area (Å²) in [7, 11) is 0. The van der Waals surface area contributed by atoms with E-state index in [1.807, 2.05) is 6.92 Å². The molecule has 230 valence electrons. The van der Waals surface area contributed by atoms with Crippen LogP contribution in [0.4, 0.5) is 22.0 Å². The van der Waals surface area contributed by atoms with E-state index < -0.39 is 60.1 Å². The summed E-state index contributed by atoms with van der Waals surface area (Å²) >= 11 is 5.68. The zero-order chi connectivity index (χ0) is 31.1. The van der Waals surface area contributed by atoms with Gasteiger partial charge in [-0.25, -0.2) is 9.97 Å². The summed E-state index contributed by atoms with van der Waals surface area (Å²) in [6.45, 7) is 0.980. The van der Waals surface area contributed by atoms with Gasteiger partial charge in [0.2, 0.25) is 0 Å². The molecule has 10 nitrogen and oxygen atoms in total. The fraction of sp³-hybridized carbons (Fsp3) is 0.625. The molecular formula is C24H30ClF5N4O6S. The van der Waals surface area contributed by atoms with Gasteiger partial charge in [0.15, 0.2) is 17.3 Å². The van der Waals surface area contributed by atoms with Gasteiger partial charge < -0.3 is 20.3 Å². The quantitative estimate of drug-likeness (QED) is 0.354. The van der Waals surface area contributed by atoms with Crippen LogP contribution in [0, 0.1) is 11.8 Å². The van der Waals surface area contributed by atoms with Crippen LogP contribution in [0.1, 0.15) is 61.9 Å². The summed E-state index contributed by atoms with van der Waals surface area (Å²) < 4.78 is 87.6. The molecule has 0 saturated heterocycles. The van der Waals surface area contributed by atoms with E-state index >= 15 is 0 Å². The number of hydrogen-bond acceptors (Lipinski definition) is 8. The molecule has 3 rings (SSSR count). The first-order valence-corrected chi connectivity index (χ1v) is 13.5. The molecule has 3 N–H and O–H groups in total. The molecule has 2 aromatic rings. The van der Waals surface area contributed by atoms with Gasteiger partial charge in [-0.15, -0.1) is 0 Å². The summed E-state index contributed by atoms with van der Waals surface area (Å²) in [5.74, 6) is -2.99. The van der Waals surface area contributed by atoms with Gasteiger partial charge >= 0.3 is 24.4 Å². The molecule has 0 spiro atoms. The van der Waals surface area contributed by atoms with Crippen molar-refractivity contribution in [1.29, 1.82) is 0 Å². The Labute approximate surface area is 240 Å². The molecule has 1 saturated carbocycles. The third kappa shape index (κ3) is 8.90. The molecule has 17 heteroatoms. The lowest BCUT2D eigenvalue weighted by Gasteiger charge is -2.39. The van der Waals surface area contributed by atoms with Gasteiger partial charge in [0.1, 0.15) is 16.6 Å². The predicted octanol–water partition coefficient (Wildman–Crippen LogP) is 3.80. The first kappa shape index (κ1) is 34.5. The van der Waals surface area contributed by atoms with E-state index in [1.54, 1.807) is 6.92 Å². The van der Waals surface area contributed by atoms with Gasteiger partial charge in [-0.3, -0.25) is 9.36 Å². The maximum absolute atomic E-state index is 13.2. The topological polar surface area (TPSA) is 144 Å². The summed E-state index contributed by atoms with van der Waals surface area (Å²) in [5.41, 5.74) is -1.81. The number of rotatable bonds is 9. The van der Waals surface area contributed by atoms with Gasteiger partial charge in [-0.1, -0.05) is 32.4 Å². The Kier molecular flexibility index (Phi) is 12.2. The molecule has 1 fully saturated rings. The van der Waals surface area contributed by atoms with E-state index in [2.05, 4.69) is 20.0 Å². The maximum Gasteiger partial charge on any atom is 0.391 e. The van der Waals surface area contributed by atoms with Gasteiger partial charge in [0.25, 0.3) is 5.91 Å². The number of carbonyl (C=O) groups excluding carboxylic acids is 1. The Morgan fingerprint density at radius 3 is 2.54 bits per heavy atom. The molecule has 4 atom stereocenters. The lowest BCUT2D eigenvalue weighted by molar-refractivity contribution is -0.169. The Hall–Kier alpha value is -2.69. The Balaban J connectivity index is 0.00000187. The zero-order valence-electron chi connectivity index (χ0n) is 22.3. The van der Waals surface area contributed by atoms with Crippen LogP contribution in [0.15, 0.2) is 12.3 Å². The molecular weight excluding hydrogens is 603 g/mol. The number of hydrogen-bond donors (Lipinski definition) is 3. The average molecular weight is 633 g/mol. The van der Waals surface area contributed by atoms with Crippen LogP contribution in [0.5, 0.6) is 5.75 Å². The second kappa shape index (κ2) is 14.5. The molecule has 0 bridgehead atoms. The van der Waals surface area contributed by atoms with Crippen molar-refractivity contribution in [2.75, 3.05) is 6.54 Å². The van der Waals surface area contributed by atoms with E-state index in [4.69, 9.17) is 20.0 Å². The Bertz CT molecular complexity index is 1240. The van der Waals surface area contributed by atoms with Crippen molar-refractivity contribution in [2.45, 2.75) is 77.4 Å². The second-order valence-corrected chi connectivity index (χ2v) is 10.3. The average Bonchev–Trinajstić information content (AvgIpc) is 3.21. The fourth-order valence-corrected chi connectivity index (χ4v) is 4.66. The third-order valence-corrected chi connectivity index (χ3v) is 7.06. The van der Waals surface area contributed by atoms with Crippen LogP contribution in [-0.2, 0) is 24.4 Å². The number of nitrogens with zero attached hydrogens (tertiary/aromatic N) is 3. The fourth-order valence-electron chi connectivity index (χ4n) is 4.36. The van der Waals surface area contributed by atoms with Crippen LogP contribution in [0.25, 0.3) is 5.82 Å². The van der Waals surface area contributed by atoms with Gasteiger partial charge in [0.05, 0.1) is 12.0 Å². The molecule has 1 unspecified atom stereocenters. The number of aliphatic hydroxyl groups is 2. The van der Waals surface area contributed by atoms with Crippen molar-refractivity contribution in [3.63, 3.8) is 0 Å². The zero-order valence-corrected chi connectivity index (χ0v) is 23.8. The highest BCUT2D eigenvalue weighted by atomic mass is 35.5. The molecule has 2 aromatic heterocycles. The number of amides is 1. The number of halogens is 6. The molecule has 1 aliphatic rings. The SMILES string of the molecule is CCc1nc(C(=O)NC[C@]2(O)CC[C@@H](C)C[C@H]2O)c(Cl)n1-c1ncc(CC(C)C(F)(F)F)cc1OC(F)F.O=S=O. The number of aromatic nitrogens is 3. The number of alkyl halides is 5. The normalized spacial score (nSPS) is 21.6. The molecule has 0 radical (unpaired) electrons. The smallest absolute Gasteiger partial charge is 0.391 e. The van der Waals surface area contributed by atoms with Crippen LogP contribution in [0.2, 0.25) is 5.15 Å². The van der Waals surface area contributed by atoms with Gasteiger partial charge in [-0.2, -0.15) is 30.4 Å². The molecule has 0 aliphatic heterocycles. The van der Waals surface area contributed by atoms with E-state index in [1.165, 1.54) is 0 Å². The first-order chi connectivity index (χ1) is 19.1. The summed E-state index contributed by atoms with van der Waals surface area (Å²) in [4.78, 5) is 21.1. The summed E-state index contributed by atoms with van der Waals surface area (Å²) in [6.07, 6.45) is -3.48. The number of aliphatic hydroxyl groups excluding tert-OH is 1. The lowest BCUT2D eigenvalue weighted by Crippen LogP contribution is -2.54. The number of imidazole rings is 1. The van der Waals surface area contributed by atoms with E-state index in [-0.39, 0.29) is 53.4 Å². The molecule has 1 amide bonds. The number of nitrogens with one attached hydrogen (secondary N) is 1. The molecule has 0 aromatic carbocycles. The Morgan fingerprint density at radius 2 is 2.00 bits per heavy atom. The van der Waals surface area contributed by atoms with Crippen molar-refractivity contribution >= 4 is 29.1 Å². The lowest BCUT2D eigenvalue weighted by atomic mass is 9.77. The van der Waals surface area contributed by atoms with Gasteiger partial charge in [-0.05, 0) is 43.2 Å². The highest BCUT2D eigenvalue weighted by molar-refractivity contribution is 7.51. The highest BCUT2D eigenvalue weighted by Crippen LogP contribution is 2.34. The van der Waals surface area contributed by atoms with Crippen LogP contribution in [0.3, 0.4) is 0 Å². The summed E-state index contributed by atoms with van der Waals surface area (Å²) in [5, 5.41) is 23.3. The molecule has 1 aliphatic carbocycles. The first-order valence-electron chi connectivity index (χ1n) is 12.5. The summed E-state index contributed by atoms with van der Waals surface area (Å²) in [6, 6.07) is 1.02. The maximum atomic E-state index is 13.2. The van der Waals surface area contributed by atoms with Crippen molar-refractivity contribution in [2.24, 2.45) is 11.8 Å². The van der Waals surface area contributed by atoms with Gasteiger partial charge in [0, 0.05) is 19.2 Å². The van der Waals surface area contributed by atoms with Crippen LogP contribution in [-0.4, -0.2) is 70.1 Å². The minimum absolute atomic E-state index is 0.00933. The van der Waals surface area contributed by atoms with Crippen molar-refractivity contribution < 1.29 is 50.1 Å². The van der Waals surface area contributed by atoms with Crippen molar-refractivity contribution in [3.8, 4) is 11.6 Å². The van der Waals surface area contributed by atoms with E-state index in [0.29, 0.717) is 12.8 Å². The number of pyridine rings is 1.